The standard InChI is InChI=1S/C12H13BrO2/c13-11-5-1-3-9(7-11)12(14)10-4-2-6-15-8-10/h1,3,5,7-8,12,14H,2,4,6H2. The van der Waals surface area contributed by atoms with Crippen LogP contribution in [0.15, 0.2) is 40.6 Å². The Morgan fingerprint density at radius 3 is 2.93 bits per heavy atom. The molecule has 0 amide bonds. The van der Waals surface area contributed by atoms with Crippen molar-refractivity contribution < 1.29 is 9.84 Å². The van der Waals surface area contributed by atoms with E-state index >= 15 is 0 Å². The Morgan fingerprint density at radius 2 is 2.27 bits per heavy atom. The highest BCUT2D eigenvalue weighted by Crippen LogP contribution is 2.28. The zero-order valence-corrected chi connectivity index (χ0v) is 9.90. The average molecular weight is 269 g/mol. The summed E-state index contributed by atoms with van der Waals surface area (Å²) in [7, 11) is 0. The summed E-state index contributed by atoms with van der Waals surface area (Å²) in [6, 6.07) is 7.72. The minimum Gasteiger partial charge on any atom is -0.501 e. The molecule has 1 atom stereocenters. The Morgan fingerprint density at radius 1 is 1.40 bits per heavy atom. The Hall–Kier alpha value is -0.800. The highest BCUT2D eigenvalue weighted by atomic mass is 79.9. The molecule has 0 saturated carbocycles. The van der Waals surface area contributed by atoms with E-state index in [1.807, 2.05) is 24.3 Å². The molecule has 1 N–H and O–H groups in total. The summed E-state index contributed by atoms with van der Waals surface area (Å²) in [5, 5.41) is 10.1. The van der Waals surface area contributed by atoms with Crippen LogP contribution in [0.4, 0.5) is 0 Å². The van der Waals surface area contributed by atoms with Gasteiger partial charge in [0.1, 0.15) is 6.10 Å². The molecule has 0 aromatic heterocycles. The van der Waals surface area contributed by atoms with Gasteiger partial charge in [-0.3, -0.25) is 0 Å². The van der Waals surface area contributed by atoms with E-state index in [2.05, 4.69) is 15.9 Å². The lowest BCUT2D eigenvalue weighted by atomic mass is 9.98. The van der Waals surface area contributed by atoms with Gasteiger partial charge in [0.05, 0.1) is 12.9 Å². The number of benzene rings is 1. The number of ether oxygens (including phenoxy) is 1. The van der Waals surface area contributed by atoms with Gasteiger partial charge in [-0.05, 0) is 36.1 Å². The smallest absolute Gasteiger partial charge is 0.103 e. The molecule has 1 aliphatic heterocycles. The normalized spacial score (nSPS) is 17.9. The summed E-state index contributed by atoms with van der Waals surface area (Å²) in [6.45, 7) is 0.759. The van der Waals surface area contributed by atoms with E-state index in [0.29, 0.717) is 0 Å². The zero-order valence-electron chi connectivity index (χ0n) is 8.32. The third-order valence-electron chi connectivity index (χ3n) is 2.48. The second-order valence-electron chi connectivity index (χ2n) is 3.62. The molecule has 1 aromatic rings. The fraction of sp³-hybridized carbons (Fsp3) is 0.333. The fourth-order valence-corrected chi connectivity index (χ4v) is 2.09. The second kappa shape index (κ2) is 4.81. The van der Waals surface area contributed by atoms with Crippen molar-refractivity contribution in [2.75, 3.05) is 6.61 Å². The maximum absolute atomic E-state index is 10.1. The van der Waals surface area contributed by atoms with Crippen LogP contribution < -0.4 is 0 Å². The molecule has 1 heterocycles. The van der Waals surface area contributed by atoms with Gasteiger partial charge in [-0.15, -0.1) is 0 Å². The number of aliphatic hydroxyl groups excluding tert-OH is 1. The summed E-state index contributed by atoms with van der Waals surface area (Å²) < 4.78 is 6.20. The van der Waals surface area contributed by atoms with Gasteiger partial charge in [-0.2, -0.15) is 0 Å². The van der Waals surface area contributed by atoms with Crippen molar-refractivity contribution in [1.29, 1.82) is 0 Å². The van der Waals surface area contributed by atoms with Crippen molar-refractivity contribution in [3.63, 3.8) is 0 Å². The number of aliphatic hydroxyl groups is 1. The number of hydrogen-bond acceptors (Lipinski definition) is 2. The van der Waals surface area contributed by atoms with Crippen LogP contribution in [-0.4, -0.2) is 11.7 Å². The van der Waals surface area contributed by atoms with E-state index in [0.717, 1.165) is 35.1 Å². The Bertz CT molecular complexity index is 374. The summed E-state index contributed by atoms with van der Waals surface area (Å²) >= 11 is 3.39. The molecule has 2 rings (SSSR count). The van der Waals surface area contributed by atoms with Crippen molar-refractivity contribution in [3.05, 3.63) is 46.1 Å². The fourth-order valence-electron chi connectivity index (χ4n) is 1.68. The summed E-state index contributed by atoms with van der Waals surface area (Å²) in [5.74, 6) is 0. The van der Waals surface area contributed by atoms with Crippen LogP contribution in [0.25, 0.3) is 0 Å². The van der Waals surface area contributed by atoms with Gasteiger partial charge in [-0.1, -0.05) is 28.1 Å². The SMILES string of the molecule is OC(C1=COCCC1)c1cccc(Br)c1. The minimum atomic E-state index is -0.539. The molecule has 0 fully saturated rings. The van der Waals surface area contributed by atoms with E-state index in [9.17, 15) is 5.11 Å². The Balaban J connectivity index is 2.19. The molecule has 15 heavy (non-hydrogen) atoms. The maximum atomic E-state index is 10.1. The van der Waals surface area contributed by atoms with Crippen molar-refractivity contribution in [1.82, 2.24) is 0 Å². The van der Waals surface area contributed by atoms with E-state index in [1.54, 1.807) is 6.26 Å². The molecule has 80 valence electrons. The summed E-state index contributed by atoms with van der Waals surface area (Å²) in [6.07, 6.45) is 3.04. The van der Waals surface area contributed by atoms with Crippen LogP contribution in [0.5, 0.6) is 0 Å². The van der Waals surface area contributed by atoms with Crippen LogP contribution in [0.2, 0.25) is 0 Å². The summed E-state index contributed by atoms with van der Waals surface area (Å²) in [4.78, 5) is 0. The van der Waals surface area contributed by atoms with Gasteiger partial charge in [0.15, 0.2) is 0 Å². The molecule has 3 heteroatoms. The van der Waals surface area contributed by atoms with E-state index < -0.39 is 6.10 Å². The molecule has 0 bridgehead atoms. The van der Waals surface area contributed by atoms with Crippen LogP contribution in [0.1, 0.15) is 24.5 Å². The Labute approximate surface area is 97.7 Å². The van der Waals surface area contributed by atoms with E-state index in [1.165, 1.54) is 0 Å². The lowest BCUT2D eigenvalue weighted by Gasteiger charge is -2.19. The molecule has 0 aliphatic carbocycles. The lowest BCUT2D eigenvalue weighted by Crippen LogP contribution is -2.07. The maximum Gasteiger partial charge on any atom is 0.103 e. The quantitative estimate of drug-likeness (QED) is 0.893. The Kier molecular flexibility index (Phi) is 3.44. The molecule has 1 aliphatic rings. The van der Waals surface area contributed by atoms with Gasteiger partial charge < -0.3 is 9.84 Å². The van der Waals surface area contributed by atoms with Crippen molar-refractivity contribution >= 4 is 15.9 Å². The van der Waals surface area contributed by atoms with E-state index in [4.69, 9.17) is 4.74 Å². The third kappa shape index (κ3) is 2.61. The first-order valence-electron chi connectivity index (χ1n) is 5.01. The highest BCUT2D eigenvalue weighted by molar-refractivity contribution is 9.10. The lowest BCUT2D eigenvalue weighted by molar-refractivity contribution is 0.170. The zero-order chi connectivity index (χ0) is 10.7. The molecule has 2 nitrogen and oxygen atoms in total. The molecular weight excluding hydrogens is 256 g/mol. The summed E-state index contributed by atoms with van der Waals surface area (Å²) in [5.41, 5.74) is 1.86. The molecule has 0 radical (unpaired) electrons. The number of halogens is 1. The monoisotopic (exact) mass is 268 g/mol. The van der Waals surface area contributed by atoms with Crippen LogP contribution in [0.3, 0.4) is 0 Å². The van der Waals surface area contributed by atoms with Crippen molar-refractivity contribution in [2.45, 2.75) is 18.9 Å². The van der Waals surface area contributed by atoms with Crippen molar-refractivity contribution in [3.8, 4) is 0 Å². The number of hydrogen-bond donors (Lipinski definition) is 1. The molecule has 1 aromatic carbocycles. The predicted molar refractivity (Wildman–Crippen MR) is 62.4 cm³/mol. The molecule has 1 unspecified atom stereocenters. The topological polar surface area (TPSA) is 29.5 Å². The first-order valence-corrected chi connectivity index (χ1v) is 5.81. The largest absolute Gasteiger partial charge is 0.501 e. The van der Waals surface area contributed by atoms with Gasteiger partial charge in [0.25, 0.3) is 0 Å². The molecule has 0 saturated heterocycles. The van der Waals surface area contributed by atoms with Gasteiger partial charge >= 0.3 is 0 Å². The molecular formula is C12H13BrO2. The van der Waals surface area contributed by atoms with Gasteiger partial charge in [-0.25, -0.2) is 0 Å². The van der Waals surface area contributed by atoms with E-state index in [-0.39, 0.29) is 0 Å². The molecule has 0 spiro atoms. The van der Waals surface area contributed by atoms with Crippen LogP contribution in [0, 0.1) is 0 Å². The van der Waals surface area contributed by atoms with Crippen LogP contribution in [-0.2, 0) is 4.74 Å². The van der Waals surface area contributed by atoms with Gasteiger partial charge in [0.2, 0.25) is 0 Å². The average Bonchev–Trinajstić information content (AvgIpc) is 2.29. The number of rotatable bonds is 2. The van der Waals surface area contributed by atoms with Gasteiger partial charge in [0, 0.05) is 4.47 Å². The minimum absolute atomic E-state index is 0.539. The van der Waals surface area contributed by atoms with Crippen molar-refractivity contribution in [2.24, 2.45) is 0 Å². The van der Waals surface area contributed by atoms with Crippen LogP contribution >= 0.6 is 15.9 Å². The highest BCUT2D eigenvalue weighted by Gasteiger charge is 2.16. The third-order valence-corrected chi connectivity index (χ3v) is 2.97. The second-order valence-corrected chi connectivity index (χ2v) is 4.54. The first kappa shape index (κ1) is 10.7. The first-order chi connectivity index (χ1) is 7.27. The predicted octanol–water partition coefficient (Wildman–Crippen LogP) is 3.18.